The lowest BCUT2D eigenvalue weighted by Crippen LogP contribution is -2.29. The van der Waals surface area contributed by atoms with Crippen LogP contribution in [0.1, 0.15) is 40.3 Å². The van der Waals surface area contributed by atoms with E-state index in [0.29, 0.717) is 27.2 Å². The Balaban J connectivity index is 1.67. The molecular weight excluding hydrogens is 415 g/mol. The van der Waals surface area contributed by atoms with E-state index in [1.165, 1.54) is 0 Å². The zero-order valence-electron chi connectivity index (χ0n) is 15.7. The molecule has 1 aromatic heterocycles. The fourth-order valence-corrected chi connectivity index (χ4v) is 3.95. The molecule has 1 atom stereocenters. The van der Waals surface area contributed by atoms with E-state index in [1.54, 1.807) is 17.8 Å². The van der Waals surface area contributed by atoms with Crippen LogP contribution in [-0.2, 0) is 12.8 Å². The zero-order chi connectivity index (χ0) is 20.3. The maximum Gasteiger partial charge on any atom is 0.252 e. The van der Waals surface area contributed by atoms with Crippen LogP contribution in [-0.4, -0.2) is 20.7 Å². The Morgan fingerprint density at radius 1 is 1.18 bits per heavy atom. The van der Waals surface area contributed by atoms with Crippen LogP contribution in [0, 0.1) is 6.92 Å². The van der Waals surface area contributed by atoms with Crippen molar-refractivity contribution in [2.24, 2.45) is 7.05 Å². The fraction of sp³-hybridized carbons (Fsp3) is 0.250. The lowest BCUT2D eigenvalue weighted by Gasteiger charge is -2.14. The van der Waals surface area contributed by atoms with Crippen molar-refractivity contribution >= 4 is 40.9 Å². The SMILES string of the molecule is Cc1ccccc1C(=O)N[C@H](C)c1nnc(SCc2ccc(Cl)c(Cl)c2)n1C. The minimum Gasteiger partial charge on any atom is -0.342 e. The topological polar surface area (TPSA) is 59.8 Å². The van der Waals surface area contributed by atoms with Crippen molar-refractivity contribution in [1.82, 2.24) is 20.1 Å². The molecule has 5 nitrogen and oxygen atoms in total. The summed E-state index contributed by atoms with van der Waals surface area (Å²) in [5, 5.41) is 13.3. The van der Waals surface area contributed by atoms with Gasteiger partial charge < -0.3 is 9.88 Å². The van der Waals surface area contributed by atoms with Gasteiger partial charge in [0, 0.05) is 18.4 Å². The van der Waals surface area contributed by atoms with Gasteiger partial charge in [-0.3, -0.25) is 4.79 Å². The maximum atomic E-state index is 12.5. The third kappa shape index (κ3) is 4.69. The summed E-state index contributed by atoms with van der Waals surface area (Å²) in [6.07, 6.45) is 0. The number of carbonyl (C=O) groups is 1. The van der Waals surface area contributed by atoms with Gasteiger partial charge in [0.25, 0.3) is 5.91 Å². The molecule has 0 aliphatic heterocycles. The third-order valence-electron chi connectivity index (χ3n) is 4.35. The van der Waals surface area contributed by atoms with Gasteiger partial charge in [0.15, 0.2) is 11.0 Å². The quantitative estimate of drug-likeness (QED) is 0.540. The van der Waals surface area contributed by atoms with Gasteiger partial charge in [-0.15, -0.1) is 10.2 Å². The highest BCUT2D eigenvalue weighted by molar-refractivity contribution is 7.98. The molecule has 0 fully saturated rings. The van der Waals surface area contributed by atoms with E-state index in [-0.39, 0.29) is 11.9 Å². The van der Waals surface area contributed by atoms with Gasteiger partial charge in [-0.1, -0.05) is 59.2 Å². The number of benzene rings is 2. The number of nitrogens with one attached hydrogen (secondary N) is 1. The summed E-state index contributed by atoms with van der Waals surface area (Å²) in [4.78, 5) is 12.5. The number of rotatable bonds is 6. The van der Waals surface area contributed by atoms with E-state index in [2.05, 4.69) is 15.5 Å². The monoisotopic (exact) mass is 434 g/mol. The highest BCUT2D eigenvalue weighted by Gasteiger charge is 2.19. The van der Waals surface area contributed by atoms with Gasteiger partial charge in [0.05, 0.1) is 16.1 Å². The van der Waals surface area contributed by atoms with Gasteiger partial charge >= 0.3 is 0 Å². The van der Waals surface area contributed by atoms with Crippen LogP contribution < -0.4 is 5.32 Å². The van der Waals surface area contributed by atoms with E-state index in [9.17, 15) is 4.79 Å². The molecule has 146 valence electrons. The molecular formula is C20H20Cl2N4OS. The van der Waals surface area contributed by atoms with Gasteiger partial charge in [0.2, 0.25) is 0 Å². The summed E-state index contributed by atoms with van der Waals surface area (Å²) >= 11 is 13.6. The average molecular weight is 435 g/mol. The second-order valence-corrected chi connectivity index (χ2v) is 8.20. The van der Waals surface area contributed by atoms with Gasteiger partial charge in [0.1, 0.15) is 0 Å². The summed E-state index contributed by atoms with van der Waals surface area (Å²) in [6.45, 7) is 3.81. The van der Waals surface area contributed by atoms with Crippen LogP contribution in [0.3, 0.4) is 0 Å². The Morgan fingerprint density at radius 2 is 1.93 bits per heavy atom. The van der Waals surface area contributed by atoms with Crippen molar-refractivity contribution in [1.29, 1.82) is 0 Å². The van der Waals surface area contributed by atoms with E-state index in [1.807, 2.05) is 61.9 Å². The first kappa shape index (κ1) is 20.7. The van der Waals surface area contributed by atoms with E-state index in [4.69, 9.17) is 23.2 Å². The number of hydrogen-bond acceptors (Lipinski definition) is 4. The Bertz CT molecular complexity index is 1010. The predicted molar refractivity (Wildman–Crippen MR) is 114 cm³/mol. The second kappa shape index (κ2) is 8.99. The summed E-state index contributed by atoms with van der Waals surface area (Å²) in [6, 6.07) is 12.8. The van der Waals surface area contributed by atoms with Crippen LogP contribution in [0.15, 0.2) is 47.6 Å². The van der Waals surface area contributed by atoms with Crippen molar-refractivity contribution in [3.63, 3.8) is 0 Å². The molecule has 0 radical (unpaired) electrons. The summed E-state index contributed by atoms with van der Waals surface area (Å²) < 4.78 is 1.89. The standard InChI is InChI=1S/C20H20Cl2N4OS/c1-12-6-4-5-7-15(12)19(27)23-13(2)18-24-25-20(26(18)3)28-11-14-8-9-16(21)17(22)10-14/h4-10,13H,11H2,1-3H3,(H,23,27)/t13-/m1/s1. The molecule has 0 bridgehead atoms. The molecule has 3 rings (SSSR count). The number of halogens is 2. The Hall–Kier alpha value is -2.02. The smallest absolute Gasteiger partial charge is 0.252 e. The molecule has 0 saturated heterocycles. The van der Waals surface area contributed by atoms with Crippen molar-refractivity contribution < 1.29 is 4.79 Å². The first-order chi connectivity index (χ1) is 13.4. The molecule has 1 amide bonds. The number of aryl methyl sites for hydroxylation is 1. The highest BCUT2D eigenvalue weighted by atomic mass is 35.5. The predicted octanol–water partition coefficient (Wildman–Crippen LogP) is 5.21. The minimum atomic E-state index is -0.274. The Labute approximate surface area is 178 Å². The molecule has 0 unspecified atom stereocenters. The molecule has 3 aromatic rings. The van der Waals surface area contributed by atoms with E-state index >= 15 is 0 Å². The normalized spacial score (nSPS) is 12.0. The summed E-state index contributed by atoms with van der Waals surface area (Å²) in [7, 11) is 1.89. The van der Waals surface area contributed by atoms with Gasteiger partial charge in [-0.25, -0.2) is 0 Å². The van der Waals surface area contributed by atoms with Crippen LogP contribution in [0.4, 0.5) is 0 Å². The molecule has 1 N–H and O–H groups in total. The van der Waals surface area contributed by atoms with Crippen molar-refractivity contribution in [2.45, 2.75) is 30.8 Å². The Morgan fingerprint density at radius 3 is 2.64 bits per heavy atom. The highest BCUT2D eigenvalue weighted by Crippen LogP contribution is 2.27. The zero-order valence-corrected chi connectivity index (χ0v) is 18.1. The number of nitrogens with zero attached hydrogens (tertiary/aromatic N) is 3. The lowest BCUT2D eigenvalue weighted by molar-refractivity contribution is 0.0937. The van der Waals surface area contributed by atoms with Crippen LogP contribution in [0.25, 0.3) is 0 Å². The third-order valence-corrected chi connectivity index (χ3v) is 6.18. The van der Waals surface area contributed by atoms with Crippen LogP contribution >= 0.6 is 35.0 Å². The summed E-state index contributed by atoms with van der Waals surface area (Å²) in [5.41, 5.74) is 2.64. The molecule has 0 aliphatic carbocycles. The first-order valence-electron chi connectivity index (χ1n) is 8.69. The lowest BCUT2D eigenvalue weighted by atomic mass is 10.1. The molecule has 28 heavy (non-hydrogen) atoms. The Kier molecular flexibility index (Phi) is 6.65. The van der Waals surface area contributed by atoms with Crippen molar-refractivity contribution in [3.8, 4) is 0 Å². The number of carbonyl (C=O) groups excluding carboxylic acids is 1. The number of amides is 1. The van der Waals surface area contributed by atoms with Crippen LogP contribution in [0.5, 0.6) is 0 Å². The minimum absolute atomic E-state index is 0.126. The molecule has 2 aromatic carbocycles. The van der Waals surface area contributed by atoms with Crippen molar-refractivity contribution in [3.05, 3.63) is 75.0 Å². The number of hydrogen-bond donors (Lipinski definition) is 1. The summed E-state index contributed by atoms with van der Waals surface area (Å²) in [5.74, 6) is 1.25. The van der Waals surface area contributed by atoms with E-state index in [0.717, 1.165) is 16.3 Å². The first-order valence-corrected chi connectivity index (χ1v) is 10.4. The molecule has 8 heteroatoms. The van der Waals surface area contributed by atoms with Gasteiger partial charge in [-0.2, -0.15) is 0 Å². The molecule has 0 spiro atoms. The van der Waals surface area contributed by atoms with Crippen LogP contribution in [0.2, 0.25) is 10.0 Å². The van der Waals surface area contributed by atoms with E-state index < -0.39 is 0 Å². The fourth-order valence-electron chi connectivity index (χ4n) is 2.77. The largest absolute Gasteiger partial charge is 0.342 e. The number of thioether (sulfide) groups is 1. The molecule has 0 aliphatic rings. The molecule has 0 saturated carbocycles. The molecule has 1 heterocycles. The maximum absolute atomic E-state index is 12.5. The average Bonchev–Trinajstić information content (AvgIpc) is 3.03. The second-order valence-electron chi connectivity index (χ2n) is 6.45. The number of aromatic nitrogens is 3. The van der Waals surface area contributed by atoms with Gasteiger partial charge in [-0.05, 0) is 43.2 Å². The van der Waals surface area contributed by atoms with Crippen molar-refractivity contribution in [2.75, 3.05) is 0 Å².